The van der Waals surface area contributed by atoms with Crippen LogP contribution in [0.1, 0.15) is 51.0 Å². The topological polar surface area (TPSA) is 12.5 Å². The van der Waals surface area contributed by atoms with Crippen molar-refractivity contribution in [3.05, 3.63) is 29.8 Å². The molecule has 2 rings (SSSR count). The van der Waals surface area contributed by atoms with Gasteiger partial charge >= 0.3 is 0 Å². The van der Waals surface area contributed by atoms with Crippen molar-refractivity contribution in [3.63, 3.8) is 0 Å². The van der Waals surface area contributed by atoms with Crippen LogP contribution < -0.4 is 4.74 Å². The zero-order valence-electron chi connectivity index (χ0n) is 12.4. The van der Waals surface area contributed by atoms with Crippen LogP contribution >= 0.6 is 0 Å². The van der Waals surface area contributed by atoms with Gasteiger partial charge in [-0.25, -0.2) is 0 Å². The predicted molar refractivity (Wildman–Crippen MR) is 80.9 cm³/mol. The minimum atomic E-state index is 0.641. The SMILES string of the molecule is CC[C@@H](C)c1ccc(OCCN2CCCCC2)cc1. The first-order valence-electron chi connectivity index (χ1n) is 7.74. The number of likely N-dealkylation sites (tertiary alicyclic amines) is 1. The number of hydrogen-bond acceptors (Lipinski definition) is 2. The summed E-state index contributed by atoms with van der Waals surface area (Å²) in [5, 5.41) is 0. The van der Waals surface area contributed by atoms with Gasteiger partial charge in [0.2, 0.25) is 0 Å². The fourth-order valence-corrected chi connectivity index (χ4v) is 2.60. The highest BCUT2D eigenvalue weighted by Crippen LogP contribution is 2.21. The molecule has 0 N–H and O–H groups in total. The van der Waals surface area contributed by atoms with Crippen LogP contribution in [0.4, 0.5) is 0 Å². The van der Waals surface area contributed by atoms with Gasteiger partial charge in [0.25, 0.3) is 0 Å². The monoisotopic (exact) mass is 261 g/mol. The van der Waals surface area contributed by atoms with E-state index < -0.39 is 0 Å². The fourth-order valence-electron chi connectivity index (χ4n) is 2.60. The van der Waals surface area contributed by atoms with Gasteiger partial charge in [-0.3, -0.25) is 4.90 Å². The first-order chi connectivity index (χ1) is 9.29. The molecule has 0 bridgehead atoms. The maximum atomic E-state index is 5.84. The molecular weight excluding hydrogens is 234 g/mol. The lowest BCUT2D eigenvalue weighted by Crippen LogP contribution is -2.33. The average molecular weight is 261 g/mol. The molecule has 1 aromatic rings. The van der Waals surface area contributed by atoms with Crippen molar-refractivity contribution in [2.45, 2.75) is 45.4 Å². The number of hydrogen-bond donors (Lipinski definition) is 0. The zero-order valence-corrected chi connectivity index (χ0v) is 12.4. The molecule has 1 aromatic carbocycles. The molecule has 0 aromatic heterocycles. The molecule has 0 spiro atoms. The Morgan fingerprint density at radius 3 is 2.42 bits per heavy atom. The second kappa shape index (κ2) is 7.54. The largest absolute Gasteiger partial charge is 0.492 e. The minimum Gasteiger partial charge on any atom is -0.492 e. The quantitative estimate of drug-likeness (QED) is 0.765. The van der Waals surface area contributed by atoms with Gasteiger partial charge in [-0.2, -0.15) is 0 Å². The lowest BCUT2D eigenvalue weighted by molar-refractivity contribution is 0.183. The maximum Gasteiger partial charge on any atom is 0.119 e. The standard InChI is InChI=1S/C17H27NO/c1-3-15(2)16-7-9-17(10-8-16)19-14-13-18-11-5-4-6-12-18/h7-10,15H,3-6,11-14H2,1-2H3/t15-/m1/s1. The van der Waals surface area contributed by atoms with Crippen molar-refractivity contribution < 1.29 is 4.74 Å². The second-order valence-electron chi connectivity index (χ2n) is 5.63. The number of benzene rings is 1. The maximum absolute atomic E-state index is 5.84. The summed E-state index contributed by atoms with van der Waals surface area (Å²) >= 11 is 0. The van der Waals surface area contributed by atoms with Crippen molar-refractivity contribution in [3.8, 4) is 5.75 Å². The van der Waals surface area contributed by atoms with E-state index in [-0.39, 0.29) is 0 Å². The Morgan fingerprint density at radius 2 is 1.79 bits per heavy atom. The molecule has 1 fully saturated rings. The lowest BCUT2D eigenvalue weighted by Gasteiger charge is -2.26. The molecule has 0 aliphatic carbocycles. The molecule has 0 radical (unpaired) electrons. The van der Waals surface area contributed by atoms with E-state index in [1.165, 1.54) is 44.3 Å². The van der Waals surface area contributed by atoms with E-state index in [4.69, 9.17) is 4.74 Å². The number of ether oxygens (including phenoxy) is 1. The molecule has 0 unspecified atom stereocenters. The van der Waals surface area contributed by atoms with E-state index in [9.17, 15) is 0 Å². The Bertz CT molecular complexity index is 354. The fraction of sp³-hybridized carbons (Fsp3) is 0.647. The third kappa shape index (κ3) is 4.54. The first kappa shape index (κ1) is 14.4. The van der Waals surface area contributed by atoms with E-state index in [1.54, 1.807) is 0 Å². The van der Waals surface area contributed by atoms with Crippen LogP contribution in [0.25, 0.3) is 0 Å². The normalized spacial score (nSPS) is 18.2. The van der Waals surface area contributed by atoms with E-state index in [0.29, 0.717) is 5.92 Å². The number of nitrogens with zero attached hydrogens (tertiary/aromatic N) is 1. The third-order valence-corrected chi connectivity index (χ3v) is 4.19. The summed E-state index contributed by atoms with van der Waals surface area (Å²) in [6.07, 6.45) is 5.29. The molecule has 0 amide bonds. The van der Waals surface area contributed by atoms with Crippen molar-refractivity contribution in [1.82, 2.24) is 4.90 Å². The number of piperidine rings is 1. The zero-order chi connectivity index (χ0) is 13.5. The van der Waals surface area contributed by atoms with Crippen molar-refractivity contribution in [2.75, 3.05) is 26.2 Å². The van der Waals surface area contributed by atoms with Gasteiger partial charge in [0.15, 0.2) is 0 Å². The molecule has 1 aliphatic heterocycles. The summed E-state index contributed by atoms with van der Waals surface area (Å²) in [6.45, 7) is 8.86. The predicted octanol–water partition coefficient (Wildman–Crippen LogP) is 4.06. The van der Waals surface area contributed by atoms with Gasteiger partial charge in [-0.15, -0.1) is 0 Å². The summed E-state index contributed by atoms with van der Waals surface area (Å²) < 4.78 is 5.84. The summed E-state index contributed by atoms with van der Waals surface area (Å²) in [7, 11) is 0. The second-order valence-corrected chi connectivity index (χ2v) is 5.63. The lowest BCUT2D eigenvalue weighted by atomic mass is 9.99. The van der Waals surface area contributed by atoms with E-state index >= 15 is 0 Å². The van der Waals surface area contributed by atoms with Crippen LogP contribution in [0.3, 0.4) is 0 Å². The molecule has 2 nitrogen and oxygen atoms in total. The van der Waals surface area contributed by atoms with E-state index in [1.807, 2.05) is 0 Å². The molecule has 1 heterocycles. The van der Waals surface area contributed by atoms with Crippen LogP contribution in [-0.2, 0) is 0 Å². The molecule has 1 atom stereocenters. The molecule has 1 aliphatic rings. The van der Waals surface area contributed by atoms with E-state index in [0.717, 1.165) is 18.9 Å². The van der Waals surface area contributed by atoms with Crippen LogP contribution in [0.15, 0.2) is 24.3 Å². The highest BCUT2D eigenvalue weighted by atomic mass is 16.5. The highest BCUT2D eigenvalue weighted by molar-refractivity contribution is 5.29. The first-order valence-corrected chi connectivity index (χ1v) is 7.74. The van der Waals surface area contributed by atoms with E-state index in [2.05, 4.69) is 43.0 Å². The Kier molecular flexibility index (Phi) is 5.71. The van der Waals surface area contributed by atoms with Gasteiger partial charge < -0.3 is 4.74 Å². The Labute approximate surface area is 117 Å². The van der Waals surface area contributed by atoms with Crippen LogP contribution in [0, 0.1) is 0 Å². The Morgan fingerprint density at radius 1 is 1.11 bits per heavy atom. The summed E-state index contributed by atoms with van der Waals surface area (Å²) in [5.41, 5.74) is 1.41. The minimum absolute atomic E-state index is 0.641. The molecule has 1 saturated heterocycles. The third-order valence-electron chi connectivity index (χ3n) is 4.19. The van der Waals surface area contributed by atoms with Gasteiger partial charge in [0, 0.05) is 6.54 Å². The van der Waals surface area contributed by atoms with Gasteiger partial charge in [0.05, 0.1) is 0 Å². The highest BCUT2D eigenvalue weighted by Gasteiger charge is 2.09. The van der Waals surface area contributed by atoms with Crippen molar-refractivity contribution in [1.29, 1.82) is 0 Å². The molecule has 0 saturated carbocycles. The summed E-state index contributed by atoms with van der Waals surface area (Å²) in [5.74, 6) is 1.64. The van der Waals surface area contributed by atoms with Crippen LogP contribution in [0.2, 0.25) is 0 Å². The number of rotatable bonds is 6. The van der Waals surface area contributed by atoms with Gasteiger partial charge in [-0.1, -0.05) is 32.4 Å². The van der Waals surface area contributed by atoms with Gasteiger partial charge in [-0.05, 0) is 56.0 Å². The van der Waals surface area contributed by atoms with Crippen molar-refractivity contribution in [2.24, 2.45) is 0 Å². The molecule has 2 heteroatoms. The van der Waals surface area contributed by atoms with Crippen molar-refractivity contribution >= 4 is 0 Å². The Balaban J connectivity index is 1.73. The average Bonchev–Trinajstić information content (AvgIpc) is 2.48. The Hall–Kier alpha value is -1.02. The van der Waals surface area contributed by atoms with Crippen LogP contribution in [0.5, 0.6) is 5.75 Å². The smallest absolute Gasteiger partial charge is 0.119 e. The van der Waals surface area contributed by atoms with Crippen LogP contribution in [-0.4, -0.2) is 31.1 Å². The molecule has 106 valence electrons. The molecule has 19 heavy (non-hydrogen) atoms. The summed E-state index contributed by atoms with van der Waals surface area (Å²) in [4.78, 5) is 2.51. The summed E-state index contributed by atoms with van der Waals surface area (Å²) in [6, 6.07) is 8.62. The van der Waals surface area contributed by atoms with Gasteiger partial charge in [0.1, 0.15) is 12.4 Å². The molecular formula is C17H27NO.